The number of aromatic nitrogens is 4. The highest BCUT2D eigenvalue weighted by Crippen LogP contribution is 2.32. The molecule has 0 bridgehead atoms. The smallest absolute Gasteiger partial charge is 0.404 e. The average molecular weight is 529 g/mol. The molecule has 6 nitrogen and oxygen atoms in total. The Hall–Kier alpha value is -3.82. The van der Waals surface area contributed by atoms with Crippen LogP contribution in [0.15, 0.2) is 59.7 Å². The summed E-state index contributed by atoms with van der Waals surface area (Å²) in [6.07, 6.45) is 3.24. The first kappa shape index (κ1) is 27.2. The van der Waals surface area contributed by atoms with Crippen molar-refractivity contribution in [3.63, 3.8) is 0 Å². The van der Waals surface area contributed by atoms with Gasteiger partial charge in [0.1, 0.15) is 23.0 Å². The van der Waals surface area contributed by atoms with Crippen LogP contribution >= 0.6 is 0 Å². The number of aryl methyl sites for hydroxylation is 2. The molecule has 3 heterocycles. The van der Waals surface area contributed by atoms with Gasteiger partial charge >= 0.3 is 6.36 Å². The second kappa shape index (κ2) is 11.7. The van der Waals surface area contributed by atoms with Crippen molar-refractivity contribution >= 4 is 11.0 Å². The standard InChI is InChI=1S/C21H21F3N4O2.C7H7F/c1-13-26-11-15-10-16(14-6-3-2-4-7-14)20(29)28(19(15)27-13)12-17-18(8-5-9-25-17)30-21(22,23)24;1-6-3-2-4-7(8)5-6/h5,8-11,14H,2-4,6-7,12H2,1H3;2-5H,1H3. The Labute approximate surface area is 217 Å². The fourth-order valence-corrected chi connectivity index (χ4v) is 4.63. The van der Waals surface area contributed by atoms with Crippen LogP contribution in [0.2, 0.25) is 0 Å². The summed E-state index contributed by atoms with van der Waals surface area (Å²) in [6, 6.07) is 10.9. The molecule has 1 saturated carbocycles. The van der Waals surface area contributed by atoms with Crippen LogP contribution in [-0.4, -0.2) is 25.9 Å². The molecule has 0 atom stereocenters. The van der Waals surface area contributed by atoms with Crippen LogP contribution in [0.5, 0.6) is 5.75 Å². The molecule has 1 fully saturated rings. The largest absolute Gasteiger partial charge is 0.573 e. The van der Waals surface area contributed by atoms with Crippen molar-refractivity contribution < 1.29 is 22.3 Å². The lowest BCUT2D eigenvalue weighted by Gasteiger charge is -2.23. The van der Waals surface area contributed by atoms with Crippen LogP contribution in [0.3, 0.4) is 0 Å². The van der Waals surface area contributed by atoms with Crippen molar-refractivity contribution in [1.82, 2.24) is 19.5 Å². The van der Waals surface area contributed by atoms with E-state index in [4.69, 9.17) is 0 Å². The van der Waals surface area contributed by atoms with Crippen molar-refractivity contribution in [2.24, 2.45) is 0 Å². The zero-order chi connectivity index (χ0) is 27.3. The van der Waals surface area contributed by atoms with Crippen molar-refractivity contribution in [2.75, 3.05) is 0 Å². The predicted molar refractivity (Wildman–Crippen MR) is 136 cm³/mol. The van der Waals surface area contributed by atoms with E-state index < -0.39 is 12.1 Å². The normalized spacial score (nSPS) is 14.2. The predicted octanol–water partition coefficient (Wildman–Crippen LogP) is 6.62. The molecule has 0 unspecified atom stereocenters. The molecule has 0 N–H and O–H groups in total. The van der Waals surface area contributed by atoms with Crippen LogP contribution in [0.4, 0.5) is 17.6 Å². The first-order valence-electron chi connectivity index (χ1n) is 12.4. The van der Waals surface area contributed by atoms with Gasteiger partial charge in [-0.3, -0.25) is 14.3 Å². The van der Waals surface area contributed by atoms with Gasteiger partial charge in [-0.1, -0.05) is 31.4 Å². The molecule has 4 aromatic rings. The number of pyridine rings is 2. The van der Waals surface area contributed by atoms with Gasteiger partial charge in [0.15, 0.2) is 5.75 Å². The Balaban J connectivity index is 0.000000360. The molecule has 0 radical (unpaired) electrons. The summed E-state index contributed by atoms with van der Waals surface area (Å²) in [5.41, 5.74) is 1.75. The molecule has 200 valence electrons. The van der Waals surface area contributed by atoms with Crippen molar-refractivity contribution in [2.45, 2.75) is 64.8 Å². The summed E-state index contributed by atoms with van der Waals surface area (Å²) in [6.45, 7) is 3.38. The van der Waals surface area contributed by atoms with E-state index in [1.54, 1.807) is 19.2 Å². The lowest BCUT2D eigenvalue weighted by Crippen LogP contribution is -2.28. The molecule has 10 heteroatoms. The summed E-state index contributed by atoms with van der Waals surface area (Å²) in [5.74, 6) is -0.00409. The van der Waals surface area contributed by atoms with Gasteiger partial charge in [0, 0.05) is 23.3 Å². The minimum Gasteiger partial charge on any atom is -0.404 e. The fourth-order valence-electron chi connectivity index (χ4n) is 4.63. The fraction of sp³-hybridized carbons (Fsp3) is 0.357. The Morgan fingerprint density at radius 2 is 1.79 bits per heavy atom. The van der Waals surface area contributed by atoms with Crippen LogP contribution in [-0.2, 0) is 6.54 Å². The molecule has 0 aliphatic heterocycles. The lowest BCUT2D eigenvalue weighted by atomic mass is 9.84. The second-order valence-electron chi connectivity index (χ2n) is 9.32. The third-order valence-corrected chi connectivity index (χ3v) is 6.38. The van der Waals surface area contributed by atoms with Gasteiger partial charge in [0.05, 0.1) is 6.54 Å². The molecule has 0 saturated heterocycles. The van der Waals surface area contributed by atoms with E-state index >= 15 is 0 Å². The number of ether oxygens (including phenoxy) is 1. The van der Waals surface area contributed by atoms with E-state index in [-0.39, 0.29) is 29.5 Å². The molecular formula is C28H28F4N4O2. The van der Waals surface area contributed by atoms with Crippen LogP contribution in [0, 0.1) is 19.7 Å². The van der Waals surface area contributed by atoms with Gasteiger partial charge in [-0.25, -0.2) is 14.4 Å². The van der Waals surface area contributed by atoms with Gasteiger partial charge < -0.3 is 4.74 Å². The highest BCUT2D eigenvalue weighted by molar-refractivity contribution is 5.75. The van der Waals surface area contributed by atoms with Crippen LogP contribution in [0.25, 0.3) is 11.0 Å². The minimum atomic E-state index is -4.85. The van der Waals surface area contributed by atoms with E-state index in [1.807, 2.05) is 19.1 Å². The van der Waals surface area contributed by atoms with Gasteiger partial charge in [-0.15, -0.1) is 13.2 Å². The first-order valence-corrected chi connectivity index (χ1v) is 12.4. The van der Waals surface area contributed by atoms with Crippen LogP contribution in [0.1, 0.15) is 60.7 Å². The molecule has 0 spiro atoms. The zero-order valence-electron chi connectivity index (χ0n) is 21.1. The highest BCUT2D eigenvalue weighted by Gasteiger charge is 2.32. The van der Waals surface area contributed by atoms with E-state index in [1.165, 1.54) is 35.0 Å². The van der Waals surface area contributed by atoms with E-state index in [0.717, 1.165) is 37.7 Å². The summed E-state index contributed by atoms with van der Waals surface area (Å²) in [4.78, 5) is 26.1. The van der Waals surface area contributed by atoms with Crippen molar-refractivity contribution in [1.29, 1.82) is 0 Å². The van der Waals surface area contributed by atoms with Gasteiger partial charge in [0.2, 0.25) is 0 Å². The molecule has 1 aliphatic rings. The third-order valence-electron chi connectivity index (χ3n) is 6.38. The van der Waals surface area contributed by atoms with Crippen LogP contribution < -0.4 is 10.3 Å². The third kappa shape index (κ3) is 6.93. The number of hydrogen-bond acceptors (Lipinski definition) is 5. The SMILES string of the molecule is Cc1cccc(F)c1.Cc1ncc2cc(C3CCCCC3)c(=O)n(Cc3ncccc3OC(F)(F)F)c2n1. The number of halogens is 4. The summed E-state index contributed by atoms with van der Waals surface area (Å²) in [5, 5.41) is 0.676. The number of alkyl halides is 3. The maximum Gasteiger partial charge on any atom is 0.573 e. The Bertz CT molecular complexity index is 1450. The summed E-state index contributed by atoms with van der Waals surface area (Å²) < 4.78 is 56.1. The quantitative estimate of drug-likeness (QED) is 0.278. The Kier molecular flexibility index (Phi) is 8.38. The topological polar surface area (TPSA) is 69.9 Å². The molecule has 1 aromatic carbocycles. The molecule has 0 amide bonds. The number of benzene rings is 1. The molecule has 1 aliphatic carbocycles. The number of nitrogens with zero attached hydrogens (tertiary/aromatic N) is 4. The number of hydrogen-bond donors (Lipinski definition) is 0. The number of rotatable bonds is 4. The van der Waals surface area contributed by atoms with E-state index in [9.17, 15) is 22.4 Å². The second-order valence-corrected chi connectivity index (χ2v) is 9.32. The van der Waals surface area contributed by atoms with E-state index in [2.05, 4.69) is 19.7 Å². The molecule has 5 rings (SSSR count). The maximum atomic E-state index is 13.4. The summed E-state index contributed by atoms with van der Waals surface area (Å²) in [7, 11) is 0. The Morgan fingerprint density at radius 3 is 2.45 bits per heavy atom. The van der Waals surface area contributed by atoms with E-state index in [0.29, 0.717) is 22.4 Å². The highest BCUT2D eigenvalue weighted by atomic mass is 19.4. The summed E-state index contributed by atoms with van der Waals surface area (Å²) >= 11 is 0. The van der Waals surface area contributed by atoms with Crippen molar-refractivity contribution in [3.05, 3.63) is 93.7 Å². The van der Waals surface area contributed by atoms with Gasteiger partial charge in [-0.05, 0) is 68.5 Å². The van der Waals surface area contributed by atoms with Crippen molar-refractivity contribution in [3.8, 4) is 5.75 Å². The monoisotopic (exact) mass is 528 g/mol. The van der Waals surface area contributed by atoms with Gasteiger partial charge in [-0.2, -0.15) is 0 Å². The maximum absolute atomic E-state index is 13.4. The molecular weight excluding hydrogens is 500 g/mol. The Morgan fingerprint density at radius 1 is 1.03 bits per heavy atom. The molecule has 38 heavy (non-hydrogen) atoms. The molecule has 3 aromatic heterocycles. The van der Waals surface area contributed by atoms with Gasteiger partial charge in [0.25, 0.3) is 5.56 Å². The first-order chi connectivity index (χ1) is 18.1. The average Bonchev–Trinajstić information content (AvgIpc) is 2.87. The lowest BCUT2D eigenvalue weighted by molar-refractivity contribution is -0.275. The zero-order valence-corrected chi connectivity index (χ0v) is 21.1. The number of fused-ring (bicyclic) bond motifs is 1. The minimum absolute atomic E-state index is 0.00952.